The molecule has 0 fully saturated rings. The molecule has 0 spiro atoms. The van der Waals surface area contributed by atoms with Crippen molar-refractivity contribution < 1.29 is 8.78 Å². The van der Waals surface area contributed by atoms with E-state index in [0.717, 1.165) is 9.75 Å². The van der Waals surface area contributed by atoms with Crippen LogP contribution in [0.1, 0.15) is 17.0 Å². The lowest BCUT2D eigenvalue weighted by molar-refractivity contribution is 0.141. The maximum Gasteiger partial charge on any atom is 0.280 e. The second kappa shape index (κ2) is 3.73. The molecule has 2 rings (SSSR count). The Labute approximate surface area is 90.2 Å². The van der Waals surface area contributed by atoms with Gasteiger partial charge in [0.25, 0.3) is 6.43 Å². The molecule has 2 aromatic heterocycles. The molecule has 2 aromatic rings. The van der Waals surface area contributed by atoms with Gasteiger partial charge in [-0.2, -0.15) is 5.10 Å². The standard InChI is InChI=1S/C10H10F2N2S/c1-6-3-4-9(15-6)7-5-8(10(11)12)14(2)13-7/h3-5,10H,1-2H3. The van der Waals surface area contributed by atoms with E-state index in [-0.39, 0.29) is 5.69 Å². The Morgan fingerprint density at radius 3 is 2.60 bits per heavy atom. The lowest BCUT2D eigenvalue weighted by Gasteiger charge is -1.96. The molecular formula is C10H10F2N2S. The van der Waals surface area contributed by atoms with Crippen LogP contribution < -0.4 is 0 Å². The summed E-state index contributed by atoms with van der Waals surface area (Å²) < 4.78 is 26.2. The number of hydrogen-bond acceptors (Lipinski definition) is 2. The summed E-state index contributed by atoms with van der Waals surface area (Å²) in [5.74, 6) is 0. The third kappa shape index (κ3) is 1.92. The molecule has 0 unspecified atom stereocenters. The fraction of sp³-hybridized carbons (Fsp3) is 0.300. The quantitative estimate of drug-likeness (QED) is 0.770. The van der Waals surface area contributed by atoms with E-state index in [1.165, 1.54) is 17.8 Å². The highest BCUT2D eigenvalue weighted by molar-refractivity contribution is 7.15. The summed E-state index contributed by atoms with van der Waals surface area (Å²) in [6, 6.07) is 5.30. The van der Waals surface area contributed by atoms with Crippen molar-refractivity contribution in [2.75, 3.05) is 0 Å². The van der Waals surface area contributed by atoms with E-state index < -0.39 is 6.43 Å². The zero-order chi connectivity index (χ0) is 11.0. The van der Waals surface area contributed by atoms with Crippen LogP contribution in [0.25, 0.3) is 10.6 Å². The van der Waals surface area contributed by atoms with Gasteiger partial charge in [0.15, 0.2) is 0 Å². The highest BCUT2D eigenvalue weighted by Crippen LogP contribution is 2.29. The van der Waals surface area contributed by atoms with E-state index in [1.807, 2.05) is 19.1 Å². The van der Waals surface area contributed by atoms with Crippen molar-refractivity contribution in [3.63, 3.8) is 0 Å². The van der Waals surface area contributed by atoms with E-state index in [1.54, 1.807) is 11.3 Å². The molecule has 0 amide bonds. The molecule has 0 aromatic carbocycles. The van der Waals surface area contributed by atoms with Crippen molar-refractivity contribution in [3.05, 3.63) is 28.8 Å². The predicted molar refractivity (Wildman–Crippen MR) is 56.2 cm³/mol. The highest BCUT2D eigenvalue weighted by atomic mass is 32.1. The maximum absolute atomic E-state index is 12.5. The van der Waals surface area contributed by atoms with Gasteiger partial charge in [0.2, 0.25) is 0 Å². The van der Waals surface area contributed by atoms with Gasteiger partial charge < -0.3 is 0 Å². The topological polar surface area (TPSA) is 17.8 Å². The average Bonchev–Trinajstić information content (AvgIpc) is 2.71. The zero-order valence-corrected chi connectivity index (χ0v) is 9.18. The normalized spacial score (nSPS) is 11.3. The third-order valence-corrected chi connectivity index (χ3v) is 3.16. The Hall–Kier alpha value is -1.23. The van der Waals surface area contributed by atoms with E-state index in [9.17, 15) is 8.78 Å². The fourth-order valence-electron chi connectivity index (χ4n) is 1.38. The molecule has 0 saturated heterocycles. The number of aromatic nitrogens is 2. The van der Waals surface area contributed by atoms with Gasteiger partial charge in [-0.3, -0.25) is 4.68 Å². The summed E-state index contributed by atoms with van der Waals surface area (Å²) in [5, 5.41) is 4.06. The smallest absolute Gasteiger partial charge is 0.266 e. The van der Waals surface area contributed by atoms with E-state index in [2.05, 4.69) is 5.10 Å². The third-order valence-electron chi connectivity index (χ3n) is 2.13. The van der Waals surface area contributed by atoms with Crippen LogP contribution in [0.5, 0.6) is 0 Å². The minimum Gasteiger partial charge on any atom is -0.266 e. The van der Waals surface area contributed by atoms with Gasteiger partial charge in [-0.15, -0.1) is 11.3 Å². The van der Waals surface area contributed by atoms with Gasteiger partial charge in [-0.1, -0.05) is 0 Å². The number of aryl methyl sites for hydroxylation is 2. The molecule has 15 heavy (non-hydrogen) atoms. The first-order valence-electron chi connectivity index (χ1n) is 4.47. The van der Waals surface area contributed by atoms with Gasteiger partial charge in [-0.25, -0.2) is 8.78 Å². The Morgan fingerprint density at radius 1 is 1.40 bits per heavy atom. The Balaban J connectivity index is 2.42. The number of halogens is 2. The molecule has 0 aliphatic carbocycles. The minimum atomic E-state index is -2.47. The van der Waals surface area contributed by atoms with Crippen LogP contribution in [0.15, 0.2) is 18.2 Å². The predicted octanol–water partition coefficient (Wildman–Crippen LogP) is 3.39. The molecule has 2 nitrogen and oxygen atoms in total. The van der Waals surface area contributed by atoms with Crippen LogP contribution in [-0.4, -0.2) is 9.78 Å². The SMILES string of the molecule is Cc1ccc(-c2cc(C(F)F)n(C)n2)s1. The minimum absolute atomic E-state index is 0.0453. The largest absolute Gasteiger partial charge is 0.280 e. The Morgan fingerprint density at radius 2 is 2.13 bits per heavy atom. The molecule has 0 radical (unpaired) electrons. The van der Waals surface area contributed by atoms with Gasteiger partial charge in [-0.05, 0) is 25.1 Å². The van der Waals surface area contributed by atoms with Crippen molar-refractivity contribution in [2.24, 2.45) is 7.05 Å². The van der Waals surface area contributed by atoms with Gasteiger partial charge >= 0.3 is 0 Å². The summed E-state index contributed by atoms with van der Waals surface area (Å²) in [4.78, 5) is 2.07. The summed E-state index contributed by atoms with van der Waals surface area (Å²) in [6.07, 6.45) is -2.47. The highest BCUT2D eigenvalue weighted by Gasteiger charge is 2.15. The van der Waals surface area contributed by atoms with Crippen LogP contribution in [-0.2, 0) is 7.05 Å². The Kier molecular flexibility index (Phi) is 2.56. The second-order valence-electron chi connectivity index (χ2n) is 3.29. The first-order chi connectivity index (χ1) is 7.08. The van der Waals surface area contributed by atoms with E-state index in [4.69, 9.17) is 0 Å². The maximum atomic E-state index is 12.5. The molecule has 0 atom stereocenters. The van der Waals surface area contributed by atoms with Crippen LogP contribution in [0, 0.1) is 6.92 Å². The summed E-state index contributed by atoms with van der Waals surface area (Å²) >= 11 is 1.55. The number of rotatable bonds is 2. The Bertz CT molecular complexity index is 473. The lowest BCUT2D eigenvalue weighted by atomic mass is 10.3. The van der Waals surface area contributed by atoms with Crippen LogP contribution >= 0.6 is 11.3 Å². The number of thiophene rings is 1. The van der Waals surface area contributed by atoms with Crippen LogP contribution in [0.3, 0.4) is 0 Å². The monoisotopic (exact) mass is 228 g/mol. The summed E-state index contributed by atoms with van der Waals surface area (Å²) in [6.45, 7) is 1.98. The van der Waals surface area contributed by atoms with Crippen LogP contribution in [0.4, 0.5) is 8.78 Å². The summed E-state index contributed by atoms with van der Waals surface area (Å²) in [7, 11) is 1.53. The van der Waals surface area contributed by atoms with Gasteiger partial charge in [0.05, 0.1) is 4.88 Å². The molecule has 0 saturated carbocycles. The number of alkyl halides is 2. The molecule has 0 aliphatic heterocycles. The van der Waals surface area contributed by atoms with Gasteiger partial charge in [0.1, 0.15) is 11.4 Å². The zero-order valence-electron chi connectivity index (χ0n) is 8.37. The molecule has 2 heterocycles. The first-order valence-corrected chi connectivity index (χ1v) is 5.28. The van der Waals surface area contributed by atoms with E-state index in [0.29, 0.717) is 5.69 Å². The second-order valence-corrected chi connectivity index (χ2v) is 4.58. The number of hydrogen-bond donors (Lipinski definition) is 0. The molecule has 5 heteroatoms. The van der Waals surface area contributed by atoms with Crippen LogP contribution in [0.2, 0.25) is 0 Å². The van der Waals surface area contributed by atoms with E-state index >= 15 is 0 Å². The molecular weight excluding hydrogens is 218 g/mol. The number of nitrogens with zero attached hydrogens (tertiary/aromatic N) is 2. The molecule has 0 bridgehead atoms. The summed E-state index contributed by atoms with van der Waals surface area (Å²) in [5.41, 5.74) is 0.571. The van der Waals surface area contributed by atoms with Gasteiger partial charge in [0, 0.05) is 11.9 Å². The van der Waals surface area contributed by atoms with Crippen molar-refractivity contribution in [1.29, 1.82) is 0 Å². The average molecular weight is 228 g/mol. The van der Waals surface area contributed by atoms with Crippen molar-refractivity contribution in [3.8, 4) is 10.6 Å². The fourth-order valence-corrected chi connectivity index (χ4v) is 2.20. The molecule has 80 valence electrons. The first kappa shape index (κ1) is 10.3. The van der Waals surface area contributed by atoms with Crippen molar-refractivity contribution >= 4 is 11.3 Å². The van der Waals surface area contributed by atoms with Crippen molar-refractivity contribution in [2.45, 2.75) is 13.3 Å². The molecule has 0 N–H and O–H groups in total. The van der Waals surface area contributed by atoms with Crippen molar-refractivity contribution in [1.82, 2.24) is 9.78 Å². The lowest BCUT2D eigenvalue weighted by Crippen LogP contribution is -1.97. The molecule has 0 aliphatic rings.